The number of nitrogens with zero attached hydrogens (tertiary/aromatic N) is 4. The largest absolute Gasteiger partial charge is 0.508 e. The highest BCUT2D eigenvalue weighted by molar-refractivity contribution is 5.43. The summed E-state index contributed by atoms with van der Waals surface area (Å²) in [7, 11) is 0. The van der Waals surface area contributed by atoms with E-state index in [1.807, 2.05) is 34.9 Å². The van der Waals surface area contributed by atoms with E-state index in [9.17, 15) is 15.2 Å². The first-order valence-electron chi connectivity index (χ1n) is 6.59. The minimum Gasteiger partial charge on any atom is -0.508 e. The van der Waals surface area contributed by atoms with E-state index in [1.54, 1.807) is 17.3 Å². The van der Waals surface area contributed by atoms with E-state index in [0.29, 0.717) is 5.56 Å². The lowest BCUT2D eigenvalue weighted by Crippen LogP contribution is -2.27. The first-order valence-corrected chi connectivity index (χ1v) is 6.59. The third kappa shape index (κ3) is 2.78. The summed E-state index contributed by atoms with van der Waals surface area (Å²) in [5.41, 5.74) is 1.34. The number of hydrogen-bond donors (Lipinski definition) is 1. The Morgan fingerprint density at radius 2 is 2.00 bits per heavy atom. The fraction of sp³-hybridized carbons (Fsp3) is 0.0667. The number of rotatable bonds is 4. The molecule has 1 N–H and O–H groups in total. The second-order valence-electron chi connectivity index (χ2n) is 4.76. The summed E-state index contributed by atoms with van der Waals surface area (Å²) < 4.78 is 3.43. The van der Waals surface area contributed by atoms with Crippen molar-refractivity contribution in [2.45, 2.75) is 6.54 Å². The van der Waals surface area contributed by atoms with Crippen molar-refractivity contribution in [3.8, 4) is 11.4 Å². The molecule has 0 aliphatic rings. The average molecular weight is 297 g/mol. The molecule has 0 fully saturated rings. The van der Waals surface area contributed by atoms with Gasteiger partial charge in [0, 0.05) is 22.8 Å². The molecule has 7 nitrogen and oxygen atoms in total. The van der Waals surface area contributed by atoms with Gasteiger partial charge in [-0.3, -0.25) is 10.1 Å². The fourth-order valence-electron chi connectivity index (χ4n) is 2.13. The lowest BCUT2D eigenvalue weighted by molar-refractivity contribution is -0.596. The van der Waals surface area contributed by atoms with E-state index in [4.69, 9.17) is 0 Å². The van der Waals surface area contributed by atoms with Gasteiger partial charge in [-0.15, -0.1) is 4.68 Å². The predicted octanol–water partition coefficient (Wildman–Crippen LogP) is 1.82. The molecule has 7 heteroatoms. The van der Waals surface area contributed by atoms with Crippen LogP contribution in [0.15, 0.2) is 61.2 Å². The van der Waals surface area contributed by atoms with Crippen molar-refractivity contribution < 1.29 is 14.6 Å². The van der Waals surface area contributed by atoms with Crippen molar-refractivity contribution in [1.82, 2.24) is 9.78 Å². The Hall–Kier alpha value is -3.22. The van der Waals surface area contributed by atoms with Crippen LogP contribution in [-0.4, -0.2) is 19.8 Å². The van der Waals surface area contributed by atoms with Crippen molar-refractivity contribution in [2.24, 2.45) is 0 Å². The predicted molar refractivity (Wildman–Crippen MR) is 77.6 cm³/mol. The molecule has 22 heavy (non-hydrogen) atoms. The van der Waals surface area contributed by atoms with Crippen LogP contribution in [0.1, 0.15) is 5.56 Å². The van der Waals surface area contributed by atoms with E-state index in [0.717, 1.165) is 5.69 Å². The summed E-state index contributed by atoms with van der Waals surface area (Å²) in [4.78, 5) is 10.3. The van der Waals surface area contributed by atoms with E-state index in [-0.39, 0.29) is 18.0 Å². The average Bonchev–Trinajstić information content (AvgIpc) is 2.99. The highest BCUT2D eigenvalue weighted by Gasteiger charge is 2.14. The summed E-state index contributed by atoms with van der Waals surface area (Å²) in [5, 5.41) is 24.8. The smallest absolute Gasteiger partial charge is 0.270 e. The topological polar surface area (TPSA) is 85.1 Å². The zero-order valence-corrected chi connectivity index (χ0v) is 11.5. The summed E-state index contributed by atoms with van der Waals surface area (Å²) in [6.07, 6.45) is 3.40. The highest BCUT2D eigenvalue weighted by atomic mass is 16.6. The molecule has 1 aromatic heterocycles. The van der Waals surface area contributed by atoms with Crippen molar-refractivity contribution in [3.05, 3.63) is 76.9 Å². The first-order chi connectivity index (χ1) is 10.6. The number of non-ortho nitro benzene ring substituents is 1. The minimum atomic E-state index is -0.490. The van der Waals surface area contributed by atoms with E-state index in [1.165, 1.54) is 18.2 Å². The van der Waals surface area contributed by atoms with Gasteiger partial charge in [-0.25, -0.2) is 4.57 Å². The summed E-state index contributed by atoms with van der Waals surface area (Å²) in [5.74, 6) is 0.00682. The van der Waals surface area contributed by atoms with Gasteiger partial charge in [-0.1, -0.05) is 18.2 Å². The molecular weight excluding hydrogens is 284 g/mol. The normalized spacial score (nSPS) is 10.5. The van der Waals surface area contributed by atoms with Crippen LogP contribution in [0.5, 0.6) is 5.75 Å². The van der Waals surface area contributed by atoms with E-state index >= 15 is 0 Å². The van der Waals surface area contributed by atoms with Crippen molar-refractivity contribution in [1.29, 1.82) is 0 Å². The van der Waals surface area contributed by atoms with E-state index in [2.05, 4.69) is 5.10 Å². The summed E-state index contributed by atoms with van der Waals surface area (Å²) >= 11 is 0. The van der Waals surface area contributed by atoms with Crippen LogP contribution in [0.25, 0.3) is 5.69 Å². The standard InChI is InChI=1S/C15H12N4O3/c20-15-7-6-14(19(21)22)8-12(15)9-18-11-17(10-16-18)13-4-2-1-3-5-13/h1-8,10-11H,9H2/p+1. The number of phenols is 1. The lowest BCUT2D eigenvalue weighted by atomic mass is 10.2. The Bertz CT molecular complexity index is 815. The van der Waals surface area contributed by atoms with Crippen molar-refractivity contribution in [2.75, 3.05) is 0 Å². The third-order valence-electron chi connectivity index (χ3n) is 3.24. The number of aromatic nitrogens is 3. The zero-order chi connectivity index (χ0) is 15.5. The second kappa shape index (κ2) is 5.65. The molecule has 0 aliphatic heterocycles. The molecule has 0 amide bonds. The monoisotopic (exact) mass is 297 g/mol. The van der Waals surface area contributed by atoms with Crippen LogP contribution < -0.4 is 4.57 Å². The first kappa shape index (κ1) is 13.7. The van der Waals surface area contributed by atoms with Crippen LogP contribution in [0.2, 0.25) is 0 Å². The molecule has 0 saturated heterocycles. The highest BCUT2D eigenvalue weighted by Crippen LogP contribution is 2.23. The molecule has 2 aromatic carbocycles. The van der Waals surface area contributed by atoms with Crippen LogP contribution in [-0.2, 0) is 6.54 Å². The van der Waals surface area contributed by atoms with Crippen molar-refractivity contribution in [3.63, 3.8) is 0 Å². The number of phenolic OH excluding ortho intramolecular Hbond substituents is 1. The SMILES string of the molecule is O=[N+]([O-])c1ccc(O)c(Cn2c[n+](-c3ccccc3)cn2)c1. The molecule has 0 radical (unpaired) electrons. The lowest BCUT2D eigenvalue weighted by Gasteiger charge is -2.00. The summed E-state index contributed by atoms with van der Waals surface area (Å²) in [6.45, 7) is 0.243. The Morgan fingerprint density at radius 1 is 1.23 bits per heavy atom. The Kier molecular flexibility index (Phi) is 3.53. The minimum absolute atomic E-state index is 0.00682. The van der Waals surface area contributed by atoms with E-state index < -0.39 is 4.92 Å². The Balaban J connectivity index is 1.87. The molecule has 0 bridgehead atoms. The molecule has 0 atom stereocenters. The molecule has 110 valence electrons. The van der Waals surface area contributed by atoms with Gasteiger partial charge in [-0.05, 0) is 18.2 Å². The van der Waals surface area contributed by atoms with Gasteiger partial charge < -0.3 is 5.11 Å². The van der Waals surface area contributed by atoms with Gasteiger partial charge >= 0.3 is 0 Å². The van der Waals surface area contributed by atoms with Gasteiger partial charge in [-0.2, -0.15) is 0 Å². The number of para-hydroxylation sites is 1. The maximum Gasteiger partial charge on any atom is 0.270 e. The van der Waals surface area contributed by atoms with Gasteiger partial charge in [0.25, 0.3) is 12.0 Å². The zero-order valence-electron chi connectivity index (χ0n) is 11.5. The fourth-order valence-corrected chi connectivity index (χ4v) is 2.13. The maximum atomic E-state index is 10.8. The maximum absolute atomic E-state index is 10.8. The molecule has 1 heterocycles. The van der Waals surface area contributed by atoms with Crippen LogP contribution in [0, 0.1) is 10.1 Å². The summed E-state index contributed by atoms with van der Waals surface area (Å²) in [6, 6.07) is 13.6. The molecule has 3 aromatic rings. The van der Waals surface area contributed by atoms with Gasteiger partial charge in [0.2, 0.25) is 6.33 Å². The molecule has 0 spiro atoms. The number of aromatic hydroxyl groups is 1. The van der Waals surface area contributed by atoms with Crippen LogP contribution >= 0.6 is 0 Å². The molecule has 0 aliphatic carbocycles. The molecule has 0 unspecified atom stereocenters. The van der Waals surface area contributed by atoms with Crippen LogP contribution in [0.4, 0.5) is 5.69 Å². The third-order valence-corrected chi connectivity index (χ3v) is 3.24. The number of benzene rings is 2. The second-order valence-corrected chi connectivity index (χ2v) is 4.76. The quantitative estimate of drug-likeness (QED) is 0.452. The molecular formula is C15H13N4O3+. The Labute approximate surface area is 125 Å². The number of nitro groups is 1. The number of nitro benzene ring substituents is 1. The molecule has 3 rings (SSSR count). The van der Waals surface area contributed by atoms with Gasteiger partial charge in [0.15, 0.2) is 0 Å². The molecule has 0 saturated carbocycles. The van der Waals surface area contributed by atoms with Crippen molar-refractivity contribution >= 4 is 5.69 Å². The van der Waals surface area contributed by atoms with Gasteiger partial charge in [0.1, 0.15) is 18.0 Å². The number of hydrogen-bond acceptors (Lipinski definition) is 4. The van der Waals surface area contributed by atoms with Gasteiger partial charge in [0.05, 0.1) is 4.92 Å². The van der Waals surface area contributed by atoms with Crippen LogP contribution in [0.3, 0.4) is 0 Å². The Morgan fingerprint density at radius 3 is 2.73 bits per heavy atom.